The highest BCUT2D eigenvalue weighted by molar-refractivity contribution is 5.86. The van der Waals surface area contributed by atoms with Gasteiger partial charge in [0.25, 0.3) is 0 Å². The Labute approximate surface area is 102 Å². The molecule has 1 fully saturated rings. The molecular weight excluding hydrogens is 220 g/mol. The van der Waals surface area contributed by atoms with Crippen molar-refractivity contribution in [2.24, 2.45) is 11.8 Å². The summed E-state index contributed by atoms with van der Waals surface area (Å²) in [6, 6.07) is -0.547. The number of carbonyl (C=O) groups excluding carboxylic acids is 2. The normalized spacial score (nSPS) is 22.0. The summed E-state index contributed by atoms with van der Waals surface area (Å²) >= 11 is 0. The van der Waals surface area contributed by atoms with Crippen molar-refractivity contribution >= 4 is 11.9 Å². The summed E-state index contributed by atoms with van der Waals surface area (Å²) in [5.41, 5.74) is 0. The van der Waals surface area contributed by atoms with E-state index in [0.717, 1.165) is 19.4 Å². The molecule has 1 aliphatic heterocycles. The maximum Gasteiger partial charge on any atom is 0.328 e. The third kappa shape index (κ3) is 4.00. The van der Waals surface area contributed by atoms with Crippen molar-refractivity contribution in [3.05, 3.63) is 0 Å². The van der Waals surface area contributed by atoms with Crippen LogP contribution < -0.4 is 10.6 Å². The Bertz CT molecular complexity index is 273. The number of carbonyl (C=O) groups is 2. The molecule has 0 saturated carbocycles. The summed E-state index contributed by atoms with van der Waals surface area (Å²) in [5, 5.41) is 5.97. The van der Waals surface area contributed by atoms with E-state index in [0.29, 0.717) is 6.54 Å². The minimum atomic E-state index is -0.547. The van der Waals surface area contributed by atoms with E-state index in [1.807, 2.05) is 13.8 Å². The van der Waals surface area contributed by atoms with Gasteiger partial charge in [0.05, 0.1) is 13.0 Å². The number of methoxy groups -OCH3 is 1. The summed E-state index contributed by atoms with van der Waals surface area (Å²) in [5.74, 6) is -0.434. The van der Waals surface area contributed by atoms with Crippen LogP contribution in [0, 0.1) is 11.8 Å². The maximum absolute atomic E-state index is 12.0. The van der Waals surface area contributed by atoms with Gasteiger partial charge in [0.1, 0.15) is 6.04 Å². The van der Waals surface area contributed by atoms with Gasteiger partial charge in [0, 0.05) is 6.54 Å². The van der Waals surface area contributed by atoms with Crippen LogP contribution in [0.5, 0.6) is 0 Å². The minimum Gasteiger partial charge on any atom is -0.467 e. The van der Waals surface area contributed by atoms with Crippen molar-refractivity contribution in [3.8, 4) is 0 Å². The van der Waals surface area contributed by atoms with Crippen molar-refractivity contribution in [1.29, 1.82) is 0 Å². The second-order valence-corrected chi connectivity index (χ2v) is 4.80. The van der Waals surface area contributed by atoms with Crippen LogP contribution in [0.2, 0.25) is 0 Å². The van der Waals surface area contributed by atoms with Crippen molar-refractivity contribution in [2.75, 3.05) is 20.2 Å². The molecule has 0 aromatic heterocycles. The largest absolute Gasteiger partial charge is 0.467 e. The number of hydrogen-bond donors (Lipinski definition) is 2. The molecule has 0 aromatic carbocycles. The first kappa shape index (κ1) is 14.0. The van der Waals surface area contributed by atoms with E-state index in [1.54, 1.807) is 0 Å². The zero-order valence-electron chi connectivity index (χ0n) is 10.8. The van der Waals surface area contributed by atoms with E-state index >= 15 is 0 Å². The molecule has 0 radical (unpaired) electrons. The highest BCUT2D eigenvalue weighted by atomic mass is 16.5. The fraction of sp³-hybridized carbons (Fsp3) is 0.833. The van der Waals surface area contributed by atoms with Gasteiger partial charge >= 0.3 is 5.97 Å². The lowest BCUT2D eigenvalue weighted by molar-refractivity contribution is -0.147. The molecular formula is C12H22N2O3. The average molecular weight is 242 g/mol. The van der Waals surface area contributed by atoms with Gasteiger partial charge in [0.2, 0.25) is 5.91 Å². The third-order valence-electron chi connectivity index (χ3n) is 3.09. The Kier molecular flexibility index (Phi) is 5.41. The Morgan fingerprint density at radius 2 is 2.12 bits per heavy atom. The number of amides is 1. The molecule has 1 saturated heterocycles. The molecule has 5 nitrogen and oxygen atoms in total. The maximum atomic E-state index is 12.0. The summed E-state index contributed by atoms with van der Waals surface area (Å²) in [6.07, 6.45) is 1.88. The van der Waals surface area contributed by atoms with E-state index in [-0.39, 0.29) is 23.7 Å². The van der Waals surface area contributed by atoms with Gasteiger partial charge in [-0.1, -0.05) is 13.8 Å². The summed E-state index contributed by atoms with van der Waals surface area (Å²) in [7, 11) is 1.34. The van der Waals surface area contributed by atoms with Gasteiger partial charge in [-0.2, -0.15) is 0 Å². The smallest absolute Gasteiger partial charge is 0.328 e. The molecule has 1 rings (SSSR count). The Hall–Kier alpha value is -1.10. The highest BCUT2D eigenvalue weighted by Crippen LogP contribution is 2.12. The van der Waals surface area contributed by atoms with Crippen LogP contribution >= 0.6 is 0 Å². The zero-order valence-corrected chi connectivity index (χ0v) is 10.8. The quantitative estimate of drug-likeness (QED) is 0.696. The van der Waals surface area contributed by atoms with Gasteiger partial charge in [-0.05, 0) is 25.3 Å². The topological polar surface area (TPSA) is 67.4 Å². The molecule has 5 heteroatoms. The number of esters is 1. The van der Waals surface area contributed by atoms with Crippen LogP contribution in [0.25, 0.3) is 0 Å². The number of piperidine rings is 1. The minimum absolute atomic E-state index is 0.0305. The molecule has 0 bridgehead atoms. The molecule has 1 aliphatic rings. The lowest BCUT2D eigenvalue weighted by atomic mass is 9.97. The molecule has 0 aliphatic carbocycles. The van der Waals surface area contributed by atoms with E-state index in [9.17, 15) is 9.59 Å². The van der Waals surface area contributed by atoms with Crippen LogP contribution in [-0.2, 0) is 14.3 Å². The average Bonchev–Trinajstić information content (AvgIpc) is 2.35. The van der Waals surface area contributed by atoms with E-state index in [4.69, 9.17) is 4.74 Å². The van der Waals surface area contributed by atoms with Crippen molar-refractivity contribution in [1.82, 2.24) is 10.6 Å². The van der Waals surface area contributed by atoms with E-state index in [1.165, 1.54) is 7.11 Å². The Balaban J connectivity index is 2.54. The first-order valence-electron chi connectivity index (χ1n) is 6.15. The molecule has 2 atom stereocenters. The van der Waals surface area contributed by atoms with Crippen LogP contribution in [0.1, 0.15) is 26.7 Å². The van der Waals surface area contributed by atoms with Crippen LogP contribution in [0.4, 0.5) is 0 Å². The third-order valence-corrected chi connectivity index (χ3v) is 3.09. The molecule has 0 aromatic rings. The molecule has 98 valence electrons. The molecule has 1 amide bonds. The Morgan fingerprint density at radius 3 is 2.59 bits per heavy atom. The van der Waals surface area contributed by atoms with E-state index < -0.39 is 6.04 Å². The second kappa shape index (κ2) is 6.59. The van der Waals surface area contributed by atoms with Crippen LogP contribution in [0.3, 0.4) is 0 Å². The predicted molar refractivity (Wildman–Crippen MR) is 64.4 cm³/mol. The van der Waals surface area contributed by atoms with Crippen LogP contribution in [-0.4, -0.2) is 38.1 Å². The molecule has 1 unspecified atom stereocenters. The van der Waals surface area contributed by atoms with Crippen LogP contribution in [0.15, 0.2) is 0 Å². The second-order valence-electron chi connectivity index (χ2n) is 4.80. The molecule has 17 heavy (non-hydrogen) atoms. The highest BCUT2D eigenvalue weighted by Gasteiger charge is 2.28. The number of rotatable bonds is 4. The van der Waals surface area contributed by atoms with Crippen molar-refractivity contribution in [2.45, 2.75) is 32.7 Å². The monoisotopic (exact) mass is 242 g/mol. The van der Waals surface area contributed by atoms with Gasteiger partial charge in [0.15, 0.2) is 0 Å². The number of ether oxygens (including phenoxy) is 1. The van der Waals surface area contributed by atoms with Crippen molar-refractivity contribution in [3.63, 3.8) is 0 Å². The van der Waals surface area contributed by atoms with Crippen molar-refractivity contribution < 1.29 is 14.3 Å². The number of nitrogens with one attached hydrogen (secondary N) is 2. The summed E-state index contributed by atoms with van der Waals surface area (Å²) in [6.45, 7) is 5.44. The van der Waals surface area contributed by atoms with Gasteiger partial charge < -0.3 is 15.4 Å². The fourth-order valence-corrected chi connectivity index (χ4v) is 1.97. The first-order chi connectivity index (χ1) is 8.06. The Morgan fingerprint density at radius 1 is 1.41 bits per heavy atom. The standard InChI is InChI=1S/C12H22N2O3/c1-8(2)10(12(16)17-3)14-11(15)9-5-4-6-13-7-9/h8-10,13H,4-7H2,1-3H3,(H,14,15)/t9?,10-/m0/s1. The molecule has 2 N–H and O–H groups in total. The molecule has 0 spiro atoms. The summed E-state index contributed by atoms with van der Waals surface area (Å²) < 4.78 is 4.69. The van der Waals surface area contributed by atoms with E-state index in [2.05, 4.69) is 10.6 Å². The zero-order chi connectivity index (χ0) is 12.8. The van der Waals surface area contributed by atoms with Gasteiger partial charge in [-0.25, -0.2) is 4.79 Å². The summed E-state index contributed by atoms with van der Waals surface area (Å²) in [4.78, 5) is 23.5. The number of hydrogen-bond acceptors (Lipinski definition) is 4. The molecule has 1 heterocycles. The SMILES string of the molecule is COC(=O)[C@@H](NC(=O)C1CCCNC1)C(C)C. The van der Waals surface area contributed by atoms with Gasteiger partial charge in [-0.15, -0.1) is 0 Å². The van der Waals surface area contributed by atoms with Gasteiger partial charge in [-0.3, -0.25) is 4.79 Å². The first-order valence-corrected chi connectivity index (χ1v) is 6.15. The lowest BCUT2D eigenvalue weighted by Gasteiger charge is -2.26. The lowest BCUT2D eigenvalue weighted by Crippen LogP contribution is -2.49. The fourth-order valence-electron chi connectivity index (χ4n) is 1.97. The predicted octanol–water partition coefficient (Wildman–Crippen LogP) is 0.300.